The second-order valence-corrected chi connectivity index (χ2v) is 2.97. The fraction of sp³-hybridized carbons (Fsp3) is 0.875. The molecule has 1 aliphatic rings. The quantitative estimate of drug-likeness (QED) is 0.613. The van der Waals surface area contributed by atoms with Crippen LogP contribution in [0.4, 0.5) is 0 Å². The zero-order chi connectivity index (χ0) is 8.27. The Balaban J connectivity index is 2.27. The summed E-state index contributed by atoms with van der Waals surface area (Å²) >= 11 is 0. The molecule has 1 rings (SSSR count). The molecule has 0 radical (unpaired) electrons. The average molecular weight is 157 g/mol. The standard InChI is InChI=1S/C8H15NO2/c1-2-11-8(10)7(9)6-4-3-5-6/h6-7H,2-5,9H2,1H3/t7-/m0/s1. The zero-order valence-electron chi connectivity index (χ0n) is 6.88. The Morgan fingerprint density at radius 3 is 2.73 bits per heavy atom. The van der Waals surface area contributed by atoms with Gasteiger partial charge < -0.3 is 10.5 Å². The van der Waals surface area contributed by atoms with Gasteiger partial charge in [0.25, 0.3) is 0 Å². The molecule has 0 aromatic rings. The van der Waals surface area contributed by atoms with Crippen LogP contribution in [-0.4, -0.2) is 18.6 Å². The molecule has 0 aromatic carbocycles. The van der Waals surface area contributed by atoms with E-state index in [0.29, 0.717) is 12.5 Å². The van der Waals surface area contributed by atoms with E-state index in [4.69, 9.17) is 10.5 Å². The lowest BCUT2D eigenvalue weighted by Gasteiger charge is -2.29. The molecular weight excluding hydrogens is 142 g/mol. The number of carbonyl (C=O) groups excluding carboxylic acids is 1. The van der Waals surface area contributed by atoms with Crippen molar-refractivity contribution in [2.75, 3.05) is 6.61 Å². The number of carbonyl (C=O) groups is 1. The summed E-state index contributed by atoms with van der Waals surface area (Å²) in [5.74, 6) is 0.145. The average Bonchev–Trinajstić information content (AvgIpc) is 1.84. The SMILES string of the molecule is CCOC(=O)[C@@H](N)C1CCC1. The van der Waals surface area contributed by atoms with E-state index in [1.807, 2.05) is 0 Å². The number of nitrogens with two attached hydrogens (primary N) is 1. The van der Waals surface area contributed by atoms with Gasteiger partial charge in [0.1, 0.15) is 6.04 Å². The summed E-state index contributed by atoms with van der Waals surface area (Å²) in [4.78, 5) is 11.0. The lowest BCUT2D eigenvalue weighted by Crippen LogP contribution is -2.42. The molecular formula is C8H15NO2. The molecule has 1 fully saturated rings. The second kappa shape index (κ2) is 3.72. The summed E-state index contributed by atoms with van der Waals surface area (Å²) in [7, 11) is 0. The highest BCUT2D eigenvalue weighted by Gasteiger charge is 2.30. The van der Waals surface area contributed by atoms with Gasteiger partial charge >= 0.3 is 5.97 Å². The number of rotatable bonds is 3. The van der Waals surface area contributed by atoms with Gasteiger partial charge in [0, 0.05) is 0 Å². The molecule has 0 unspecified atom stereocenters. The van der Waals surface area contributed by atoms with E-state index in [9.17, 15) is 4.79 Å². The van der Waals surface area contributed by atoms with Crippen LogP contribution in [0.1, 0.15) is 26.2 Å². The molecule has 1 saturated carbocycles. The van der Waals surface area contributed by atoms with Crippen LogP contribution in [0.15, 0.2) is 0 Å². The van der Waals surface area contributed by atoms with Crippen LogP contribution in [0, 0.1) is 5.92 Å². The van der Waals surface area contributed by atoms with E-state index in [1.54, 1.807) is 6.92 Å². The fourth-order valence-corrected chi connectivity index (χ4v) is 1.23. The molecule has 3 nitrogen and oxygen atoms in total. The topological polar surface area (TPSA) is 52.3 Å². The van der Waals surface area contributed by atoms with Gasteiger partial charge in [-0.25, -0.2) is 0 Å². The van der Waals surface area contributed by atoms with Crippen LogP contribution in [-0.2, 0) is 9.53 Å². The molecule has 0 spiro atoms. The van der Waals surface area contributed by atoms with E-state index in [1.165, 1.54) is 6.42 Å². The van der Waals surface area contributed by atoms with Crippen LogP contribution in [0.3, 0.4) is 0 Å². The number of ether oxygens (including phenoxy) is 1. The third-order valence-electron chi connectivity index (χ3n) is 2.22. The van der Waals surface area contributed by atoms with Crippen molar-refractivity contribution < 1.29 is 9.53 Å². The van der Waals surface area contributed by atoms with Crippen molar-refractivity contribution in [3.63, 3.8) is 0 Å². The first-order chi connectivity index (χ1) is 5.25. The smallest absolute Gasteiger partial charge is 0.323 e. The Morgan fingerprint density at radius 1 is 1.73 bits per heavy atom. The Labute approximate surface area is 66.9 Å². The maximum absolute atomic E-state index is 11.0. The molecule has 2 N–H and O–H groups in total. The molecule has 0 amide bonds. The van der Waals surface area contributed by atoms with Crippen molar-refractivity contribution in [3.8, 4) is 0 Å². The third kappa shape index (κ3) is 1.93. The van der Waals surface area contributed by atoms with E-state index >= 15 is 0 Å². The van der Waals surface area contributed by atoms with Crippen molar-refractivity contribution in [2.24, 2.45) is 11.7 Å². The Bertz CT molecular complexity index is 143. The van der Waals surface area contributed by atoms with Crippen LogP contribution >= 0.6 is 0 Å². The minimum Gasteiger partial charge on any atom is -0.465 e. The Morgan fingerprint density at radius 2 is 2.36 bits per heavy atom. The van der Waals surface area contributed by atoms with Gasteiger partial charge in [0.15, 0.2) is 0 Å². The van der Waals surface area contributed by atoms with Crippen LogP contribution < -0.4 is 5.73 Å². The first-order valence-electron chi connectivity index (χ1n) is 4.18. The summed E-state index contributed by atoms with van der Waals surface area (Å²) in [5.41, 5.74) is 5.63. The monoisotopic (exact) mass is 157 g/mol. The summed E-state index contributed by atoms with van der Waals surface area (Å²) in [6.45, 7) is 2.23. The lowest BCUT2D eigenvalue weighted by atomic mass is 9.80. The predicted molar refractivity (Wildman–Crippen MR) is 41.9 cm³/mol. The fourth-order valence-electron chi connectivity index (χ4n) is 1.23. The van der Waals surface area contributed by atoms with Crippen molar-refractivity contribution in [3.05, 3.63) is 0 Å². The predicted octanol–water partition coefficient (Wildman–Crippen LogP) is 0.677. The lowest BCUT2D eigenvalue weighted by molar-refractivity contribution is -0.146. The number of hydrogen-bond donors (Lipinski definition) is 1. The number of hydrogen-bond acceptors (Lipinski definition) is 3. The van der Waals surface area contributed by atoms with Crippen LogP contribution in [0.25, 0.3) is 0 Å². The first-order valence-corrected chi connectivity index (χ1v) is 4.18. The maximum atomic E-state index is 11.0. The van der Waals surface area contributed by atoms with Gasteiger partial charge in [-0.2, -0.15) is 0 Å². The highest BCUT2D eigenvalue weighted by atomic mass is 16.5. The minimum absolute atomic E-state index is 0.239. The van der Waals surface area contributed by atoms with Crippen molar-refractivity contribution in [2.45, 2.75) is 32.2 Å². The molecule has 0 aliphatic heterocycles. The highest BCUT2D eigenvalue weighted by molar-refractivity contribution is 5.75. The van der Waals surface area contributed by atoms with E-state index in [-0.39, 0.29) is 12.0 Å². The van der Waals surface area contributed by atoms with E-state index in [2.05, 4.69) is 0 Å². The second-order valence-electron chi connectivity index (χ2n) is 2.97. The molecule has 11 heavy (non-hydrogen) atoms. The maximum Gasteiger partial charge on any atom is 0.323 e. The van der Waals surface area contributed by atoms with Crippen LogP contribution in [0.2, 0.25) is 0 Å². The highest BCUT2D eigenvalue weighted by Crippen LogP contribution is 2.28. The summed E-state index contributed by atoms with van der Waals surface area (Å²) in [5, 5.41) is 0. The number of esters is 1. The van der Waals surface area contributed by atoms with Crippen molar-refractivity contribution in [1.82, 2.24) is 0 Å². The summed E-state index contributed by atoms with van der Waals surface area (Å²) < 4.78 is 4.80. The van der Waals surface area contributed by atoms with Gasteiger partial charge in [0.05, 0.1) is 6.61 Å². The van der Waals surface area contributed by atoms with Crippen LogP contribution in [0.5, 0.6) is 0 Å². The summed E-state index contributed by atoms with van der Waals surface area (Å²) in [6.07, 6.45) is 3.37. The van der Waals surface area contributed by atoms with Gasteiger partial charge in [0.2, 0.25) is 0 Å². The van der Waals surface area contributed by atoms with Gasteiger partial charge in [-0.05, 0) is 25.7 Å². The zero-order valence-corrected chi connectivity index (χ0v) is 6.88. The van der Waals surface area contributed by atoms with E-state index in [0.717, 1.165) is 12.8 Å². The van der Waals surface area contributed by atoms with Gasteiger partial charge in [-0.15, -0.1) is 0 Å². The molecule has 3 heteroatoms. The molecule has 1 aliphatic carbocycles. The first kappa shape index (κ1) is 8.53. The molecule has 0 saturated heterocycles. The molecule has 64 valence electrons. The van der Waals surface area contributed by atoms with Crippen molar-refractivity contribution in [1.29, 1.82) is 0 Å². The minimum atomic E-state index is -0.372. The van der Waals surface area contributed by atoms with Crippen molar-refractivity contribution >= 4 is 5.97 Å². The van der Waals surface area contributed by atoms with Gasteiger partial charge in [-0.3, -0.25) is 4.79 Å². The Kier molecular flexibility index (Phi) is 2.88. The van der Waals surface area contributed by atoms with E-state index < -0.39 is 0 Å². The molecule has 1 atom stereocenters. The Hall–Kier alpha value is -0.570. The normalized spacial score (nSPS) is 20.5. The third-order valence-corrected chi connectivity index (χ3v) is 2.22. The summed E-state index contributed by atoms with van der Waals surface area (Å²) in [6, 6.07) is -0.372. The van der Waals surface area contributed by atoms with Gasteiger partial charge in [-0.1, -0.05) is 6.42 Å². The molecule has 0 bridgehead atoms. The molecule has 0 heterocycles. The largest absolute Gasteiger partial charge is 0.465 e. The molecule has 0 aromatic heterocycles.